The Morgan fingerprint density at radius 1 is 0.407 bits per heavy atom. The molecule has 3 heterocycles. The van der Waals surface area contributed by atoms with Gasteiger partial charge >= 0.3 is 0 Å². The third-order valence-electron chi connectivity index (χ3n) is 5.40. The van der Waals surface area contributed by atoms with Crippen LogP contribution in [0.2, 0.25) is 0 Å². The second-order valence-corrected chi connectivity index (χ2v) is 7.70. The van der Waals surface area contributed by atoms with Crippen LogP contribution in [0.15, 0.2) is 0 Å². The lowest BCUT2D eigenvalue weighted by molar-refractivity contribution is -0.130. The number of piperidine rings is 3. The van der Waals surface area contributed by atoms with Crippen molar-refractivity contribution in [2.45, 2.75) is 78.6 Å². The molecule has 3 saturated heterocycles. The highest BCUT2D eigenvalue weighted by Crippen LogP contribution is 2.09. The van der Waals surface area contributed by atoms with Crippen LogP contribution >= 0.6 is 0 Å². The van der Waals surface area contributed by atoms with Gasteiger partial charge in [0.05, 0.1) is 0 Å². The van der Waals surface area contributed by atoms with Crippen molar-refractivity contribution in [3.05, 3.63) is 0 Å². The van der Waals surface area contributed by atoms with E-state index < -0.39 is 0 Å². The van der Waals surface area contributed by atoms with E-state index in [0.717, 1.165) is 39.3 Å². The summed E-state index contributed by atoms with van der Waals surface area (Å²) in [5.74, 6) is 0.694. The van der Waals surface area contributed by atoms with Gasteiger partial charge in [-0.3, -0.25) is 14.4 Å². The normalized spacial score (nSPS) is 19.9. The summed E-state index contributed by atoms with van der Waals surface area (Å²) in [5, 5.41) is 0. The molecule has 0 unspecified atom stereocenters. The van der Waals surface area contributed by atoms with Crippen LogP contribution in [0.25, 0.3) is 0 Å². The van der Waals surface area contributed by atoms with Crippen molar-refractivity contribution in [1.29, 1.82) is 0 Å². The van der Waals surface area contributed by atoms with E-state index in [0.29, 0.717) is 0 Å². The Labute approximate surface area is 165 Å². The highest BCUT2D eigenvalue weighted by molar-refractivity contribution is 5.73. The predicted molar refractivity (Wildman–Crippen MR) is 108 cm³/mol. The third kappa shape index (κ3) is 10.4. The lowest BCUT2D eigenvalue weighted by atomic mass is 10.1. The van der Waals surface area contributed by atoms with Gasteiger partial charge in [0.2, 0.25) is 17.7 Å². The monoisotopic (exact) mass is 381 g/mol. The topological polar surface area (TPSA) is 60.9 Å². The Morgan fingerprint density at radius 3 is 0.704 bits per heavy atom. The molecule has 3 rings (SSSR count). The largest absolute Gasteiger partial charge is 0.343 e. The molecule has 156 valence electrons. The zero-order valence-electron chi connectivity index (χ0n) is 17.7. The van der Waals surface area contributed by atoms with Gasteiger partial charge < -0.3 is 14.7 Å². The highest BCUT2D eigenvalue weighted by Gasteiger charge is 2.12. The summed E-state index contributed by atoms with van der Waals surface area (Å²) in [5.41, 5.74) is 0. The van der Waals surface area contributed by atoms with E-state index in [1.54, 1.807) is 20.8 Å². The summed E-state index contributed by atoms with van der Waals surface area (Å²) in [4.78, 5) is 37.9. The summed E-state index contributed by atoms with van der Waals surface area (Å²) in [6.07, 6.45) is 11.1. The second kappa shape index (κ2) is 13.6. The van der Waals surface area contributed by atoms with E-state index in [2.05, 4.69) is 0 Å². The quantitative estimate of drug-likeness (QED) is 0.648. The number of carbonyl (C=O) groups is 3. The molecule has 0 aliphatic carbocycles. The summed E-state index contributed by atoms with van der Waals surface area (Å²) >= 11 is 0. The van der Waals surface area contributed by atoms with Crippen LogP contribution in [0, 0.1) is 0 Å². The van der Waals surface area contributed by atoms with E-state index in [9.17, 15) is 14.4 Å². The number of amides is 3. The number of carbonyl (C=O) groups excluding carboxylic acids is 3. The van der Waals surface area contributed by atoms with Crippen molar-refractivity contribution in [2.24, 2.45) is 0 Å². The fourth-order valence-corrected chi connectivity index (χ4v) is 3.63. The van der Waals surface area contributed by atoms with Gasteiger partial charge in [0.15, 0.2) is 0 Å². The van der Waals surface area contributed by atoms with Gasteiger partial charge in [-0.1, -0.05) is 0 Å². The van der Waals surface area contributed by atoms with Crippen molar-refractivity contribution in [3.8, 4) is 0 Å². The van der Waals surface area contributed by atoms with E-state index in [-0.39, 0.29) is 17.7 Å². The van der Waals surface area contributed by atoms with Crippen LogP contribution in [0.5, 0.6) is 0 Å². The summed E-state index contributed by atoms with van der Waals surface area (Å²) in [7, 11) is 0. The number of rotatable bonds is 0. The zero-order valence-corrected chi connectivity index (χ0v) is 17.7. The second-order valence-electron chi connectivity index (χ2n) is 7.70. The van der Waals surface area contributed by atoms with E-state index in [1.165, 1.54) is 57.8 Å². The van der Waals surface area contributed by atoms with Crippen LogP contribution in [-0.4, -0.2) is 71.7 Å². The lowest BCUT2D eigenvalue weighted by Gasteiger charge is -2.24. The molecular formula is C21H39N3O3. The van der Waals surface area contributed by atoms with Crippen LogP contribution in [-0.2, 0) is 14.4 Å². The Bertz CT molecular complexity index is 383. The molecule has 27 heavy (non-hydrogen) atoms. The van der Waals surface area contributed by atoms with Crippen LogP contribution < -0.4 is 0 Å². The molecule has 0 atom stereocenters. The molecule has 3 aliphatic rings. The van der Waals surface area contributed by atoms with Crippen molar-refractivity contribution in [2.75, 3.05) is 39.3 Å². The molecule has 0 aromatic heterocycles. The Balaban J connectivity index is 0.000000202. The Morgan fingerprint density at radius 2 is 0.593 bits per heavy atom. The van der Waals surface area contributed by atoms with Gasteiger partial charge in [-0.2, -0.15) is 0 Å². The fraction of sp³-hybridized carbons (Fsp3) is 0.857. The van der Waals surface area contributed by atoms with Gasteiger partial charge in [-0.15, -0.1) is 0 Å². The number of hydrogen-bond acceptors (Lipinski definition) is 3. The zero-order chi connectivity index (χ0) is 20.1. The fourth-order valence-electron chi connectivity index (χ4n) is 3.63. The summed E-state index contributed by atoms with van der Waals surface area (Å²) < 4.78 is 0. The predicted octanol–water partition coefficient (Wildman–Crippen LogP) is 3.06. The first kappa shape index (κ1) is 23.4. The molecule has 0 radical (unpaired) electrons. The van der Waals surface area contributed by atoms with Crippen molar-refractivity contribution >= 4 is 17.7 Å². The Kier molecular flexibility index (Phi) is 11.8. The molecule has 3 aliphatic heterocycles. The maximum Gasteiger partial charge on any atom is 0.219 e. The minimum Gasteiger partial charge on any atom is -0.343 e. The molecular weight excluding hydrogens is 342 g/mol. The van der Waals surface area contributed by atoms with Gasteiger partial charge in [0, 0.05) is 60.0 Å². The molecule has 0 N–H and O–H groups in total. The van der Waals surface area contributed by atoms with Crippen LogP contribution in [0.4, 0.5) is 0 Å². The number of nitrogens with zero attached hydrogens (tertiary/aromatic N) is 3. The molecule has 0 aromatic carbocycles. The van der Waals surface area contributed by atoms with Crippen LogP contribution in [0.1, 0.15) is 78.6 Å². The minimum atomic E-state index is 0.231. The average molecular weight is 382 g/mol. The lowest BCUT2D eigenvalue weighted by Crippen LogP contribution is -2.33. The van der Waals surface area contributed by atoms with Gasteiger partial charge in [0.1, 0.15) is 0 Å². The molecule has 6 nitrogen and oxygen atoms in total. The standard InChI is InChI=1S/3C7H13NO/c3*1-7(9)8-5-3-2-4-6-8/h3*2-6H2,1H3. The van der Waals surface area contributed by atoms with Crippen LogP contribution in [0.3, 0.4) is 0 Å². The third-order valence-corrected chi connectivity index (χ3v) is 5.40. The molecule has 0 spiro atoms. The molecule has 6 heteroatoms. The number of hydrogen-bond donors (Lipinski definition) is 0. The number of likely N-dealkylation sites (tertiary alicyclic amines) is 3. The maximum atomic E-state index is 10.7. The summed E-state index contributed by atoms with van der Waals surface area (Å²) in [6, 6.07) is 0. The first-order valence-corrected chi connectivity index (χ1v) is 10.7. The van der Waals surface area contributed by atoms with Gasteiger partial charge in [-0.05, 0) is 57.8 Å². The van der Waals surface area contributed by atoms with E-state index >= 15 is 0 Å². The smallest absolute Gasteiger partial charge is 0.219 e. The van der Waals surface area contributed by atoms with E-state index in [4.69, 9.17) is 0 Å². The van der Waals surface area contributed by atoms with Crippen molar-refractivity contribution in [3.63, 3.8) is 0 Å². The first-order chi connectivity index (χ1) is 12.9. The highest BCUT2D eigenvalue weighted by atomic mass is 16.2. The van der Waals surface area contributed by atoms with Gasteiger partial charge in [0.25, 0.3) is 0 Å². The first-order valence-electron chi connectivity index (χ1n) is 10.7. The van der Waals surface area contributed by atoms with Crippen molar-refractivity contribution < 1.29 is 14.4 Å². The minimum absolute atomic E-state index is 0.231. The molecule has 0 bridgehead atoms. The Hall–Kier alpha value is -1.59. The average Bonchev–Trinajstić information content (AvgIpc) is 2.71. The van der Waals surface area contributed by atoms with Crippen molar-refractivity contribution in [1.82, 2.24) is 14.7 Å². The molecule has 3 fully saturated rings. The molecule has 0 aromatic rings. The maximum absolute atomic E-state index is 10.7. The van der Waals surface area contributed by atoms with Gasteiger partial charge in [-0.25, -0.2) is 0 Å². The molecule has 3 amide bonds. The van der Waals surface area contributed by atoms with E-state index in [1.807, 2.05) is 14.7 Å². The SMILES string of the molecule is CC(=O)N1CCCCC1.CC(=O)N1CCCCC1.CC(=O)N1CCCCC1. The molecule has 0 saturated carbocycles. The summed E-state index contributed by atoms with van der Waals surface area (Å²) in [6.45, 7) is 10.8.